The van der Waals surface area contributed by atoms with Crippen LogP contribution in [0.5, 0.6) is 0 Å². The molecular formula is C16H15F2IN2O3. The molecule has 3 N–H and O–H groups in total. The Morgan fingerprint density at radius 3 is 2.71 bits per heavy atom. The van der Waals surface area contributed by atoms with Gasteiger partial charge in [0.25, 0.3) is 5.91 Å². The Morgan fingerprint density at radius 1 is 1.29 bits per heavy atom. The molecule has 24 heavy (non-hydrogen) atoms. The topological polar surface area (TPSA) is 70.6 Å². The summed E-state index contributed by atoms with van der Waals surface area (Å²) in [5, 5.41) is 11.5. The van der Waals surface area contributed by atoms with E-state index in [-0.39, 0.29) is 23.5 Å². The number of rotatable bonds is 6. The number of anilines is 2. The van der Waals surface area contributed by atoms with Gasteiger partial charge in [-0.2, -0.15) is 0 Å². The molecule has 8 heteroatoms. The molecular weight excluding hydrogens is 433 g/mol. The molecule has 0 saturated carbocycles. The van der Waals surface area contributed by atoms with E-state index < -0.39 is 23.6 Å². The van der Waals surface area contributed by atoms with E-state index in [9.17, 15) is 13.6 Å². The number of para-hydroxylation sites is 1. The molecule has 2 rings (SSSR count). The molecule has 0 aliphatic rings. The normalized spacial score (nSPS) is 11.9. The Bertz CT molecular complexity index is 743. The van der Waals surface area contributed by atoms with Crippen LogP contribution in [0.15, 0.2) is 36.4 Å². The van der Waals surface area contributed by atoms with Crippen molar-refractivity contribution in [3.63, 3.8) is 0 Å². The number of nitrogens with one attached hydrogen (secondary N) is 2. The van der Waals surface area contributed by atoms with Gasteiger partial charge in [0.05, 0.1) is 23.5 Å². The van der Waals surface area contributed by atoms with Crippen molar-refractivity contribution in [2.75, 3.05) is 11.9 Å². The number of aliphatic hydroxyl groups is 1. The van der Waals surface area contributed by atoms with Gasteiger partial charge in [0.15, 0.2) is 0 Å². The first-order valence-corrected chi connectivity index (χ1v) is 8.07. The summed E-state index contributed by atoms with van der Waals surface area (Å²) in [5.41, 5.74) is 1.94. The molecule has 0 bridgehead atoms. The van der Waals surface area contributed by atoms with Gasteiger partial charge in [0.1, 0.15) is 17.7 Å². The lowest BCUT2D eigenvalue weighted by atomic mass is 10.1. The molecule has 2 aromatic carbocycles. The maximum Gasteiger partial charge on any atom is 0.277 e. The standard InChI is InChI=1S/C16H15F2IN2O3/c1-9(8-22)24-21-16(23)11-3-2-4-12(17)15(11)20-14-6-5-10(19)7-13(14)18/h2-7,9,20,22H,8H2,1H3,(H,21,23). The quantitative estimate of drug-likeness (QED) is 0.469. The molecule has 5 nitrogen and oxygen atoms in total. The minimum absolute atomic E-state index is 0.0409. The third-order valence-electron chi connectivity index (χ3n) is 3.06. The van der Waals surface area contributed by atoms with Crippen molar-refractivity contribution in [3.05, 3.63) is 57.2 Å². The summed E-state index contributed by atoms with van der Waals surface area (Å²) < 4.78 is 28.8. The van der Waals surface area contributed by atoms with E-state index >= 15 is 0 Å². The van der Waals surface area contributed by atoms with Gasteiger partial charge in [-0.05, 0) is 59.8 Å². The van der Waals surface area contributed by atoms with Crippen LogP contribution < -0.4 is 10.8 Å². The molecule has 0 aromatic heterocycles. The molecule has 1 unspecified atom stereocenters. The molecule has 0 aliphatic carbocycles. The van der Waals surface area contributed by atoms with Gasteiger partial charge >= 0.3 is 0 Å². The van der Waals surface area contributed by atoms with Crippen molar-refractivity contribution in [1.82, 2.24) is 5.48 Å². The van der Waals surface area contributed by atoms with E-state index in [4.69, 9.17) is 9.94 Å². The maximum atomic E-state index is 14.1. The monoisotopic (exact) mass is 448 g/mol. The predicted molar refractivity (Wildman–Crippen MR) is 93.9 cm³/mol. The van der Waals surface area contributed by atoms with Crippen LogP contribution in [0.1, 0.15) is 17.3 Å². The summed E-state index contributed by atoms with van der Waals surface area (Å²) in [5.74, 6) is -2.00. The highest BCUT2D eigenvalue weighted by Crippen LogP contribution is 2.27. The number of hydrogen-bond acceptors (Lipinski definition) is 4. The molecule has 0 radical (unpaired) electrons. The molecule has 0 aliphatic heterocycles. The molecule has 0 spiro atoms. The van der Waals surface area contributed by atoms with Gasteiger partial charge in [-0.15, -0.1) is 0 Å². The molecule has 128 valence electrons. The Balaban J connectivity index is 2.28. The summed E-state index contributed by atoms with van der Waals surface area (Å²) in [6.45, 7) is 1.26. The number of hydrogen-bond donors (Lipinski definition) is 3. The fraction of sp³-hybridized carbons (Fsp3) is 0.188. The van der Waals surface area contributed by atoms with E-state index in [2.05, 4.69) is 10.8 Å². The predicted octanol–water partition coefficient (Wildman–Crippen LogP) is 3.36. The lowest BCUT2D eigenvalue weighted by Gasteiger charge is -2.15. The second-order valence-corrected chi connectivity index (χ2v) is 6.20. The number of halogens is 3. The van der Waals surface area contributed by atoms with E-state index in [1.807, 2.05) is 22.6 Å². The van der Waals surface area contributed by atoms with Crippen molar-refractivity contribution in [2.24, 2.45) is 0 Å². The zero-order chi connectivity index (χ0) is 17.7. The van der Waals surface area contributed by atoms with Crippen LogP contribution in [0.2, 0.25) is 0 Å². The summed E-state index contributed by atoms with van der Waals surface area (Å²) in [4.78, 5) is 17.1. The van der Waals surface area contributed by atoms with Gasteiger partial charge in [0.2, 0.25) is 0 Å². The number of aliphatic hydroxyl groups excluding tert-OH is 1. The first-order valence-electron chi connectivity index (χ1n) is 6.99. The molecule has 2 aromatic rings. The van der Waals surface area contributed by atoms with Crippen LogP contribution in [-0.4, -0.2) is 23.7 Å². The van der Waals surface area contributed by atoms with Crippen molar-refractivity contribution in [2.45, 2.75) is 13.0 Å². The average molecular weight is 448 g/mol. The van der Waals surface area contributed by atoms with Crippen LogP contribution >= 0.6 is 22.6 Å². The van der Waals surface area contributed by atoms with E-state index in [1.165, 1.54) is 24.3 Å². The van der Waals surface area contributed by atoms with Crippen molar-refractivity contribution in [3.8, 4) is 0 Å². The molecule has 1 atom stereocenters. The SMILES string of the molecule is CC(CO)ONC(=O)c1cccc(F)c1Nc1ccc(I)cc1F. The van der Waals surface area contributed by atoms with Crippen LogP contribution in [-0.2, 0) is 4.84 Å². The second kappa shape index (κ2) is 8.36. The van der Waals surface area contributed by atoms with Gasteiger partial charge in [0, 0.05) is 3.57 Å². The zero-order valence-corrected chi connectivity index (χ0v) is 14.8. The largest absolute Gasteiger partial charge is 0.394 e. The molecule has 0 heterocycles. The molecule has 0 saturated heterocycles. The van der Waals surface area contributed by atoms with Gasteiger partial charge in [-0.3, -0.25) is 9.63 Å². The number of amides is 1. The van der Waals surface area contributed by atoms with Crippen LogP contribution in [0.4, 0.5) is 20.2 Å². The van der Waals surface area contributed by atoms with Gasteiger partial charge < -0.3 is 10.4 Å². The number of hydroxylamine groups is 1. The lowest BCUT2D eigenvalue weighted by Crippen LogP contribution is -2.30. The molecule has 0 fully saturated rings. The lowest BCUT2D eigenvalue weighted by molar-refractivity contribution is -0.0304. The van der Waals surface area contributed by atoms with Gasteiger partial charge in [-0.25, -0.2) is 14.3 Å². The van der Waals surface area contributed by atoms with E-state index in [0.717, 1.165) is 6.07 Å². The third kappa shape index (κ3) is 4.62. The third-order valence-corrected chi connectivity index (χ3v) is 3.73. The van der Waals surface area contributed by atoms with Crippen LogP contribution in [0, 0.1) is 15.2 Å². The van der Waals surface area contributed by atoms with E-state index in [1.54, 1.807) is 13.0 Å². The number of carbonyl (C=O) groups excluding carboxylic acids is 1. The fourth-order valence-corrected chi connectivity index (χ4v) is 2.27. The summed E-state index contributed by atoms with van der Waals surface area (Å²) in [6.07, 6.45) is -0.618. The minimum atomic E-state index is -0.719. The average Bonchev–Trinajstić information content (AvgIpc) is 2.56. The van der Waals surface area contributed by atoms with Crippen LogP contribution in [0.3, 0.4) is 0 Å². The van der Waals surface area contributed by atoms with Crippen LogP contribution in [0.25, 0.3) is 0 Å². The maximum absolute atomic E-state index is 14.1. The Kier molecular flexibility index (Phi) is 6.46. The minimum Gasteiger partial charge on any atom is -0.394 e. The molecule has 1 amide bonds. The van der Waals surface area contributed by atoms with Gasteiger partial charge in [-0.1, -0.05) is 6.07 Å². The van der Waals surface area contributed by atoms with Crippen molar-refractivity contribution in [1.29, 1.82) is 0 Å². The number of benzene rings is 2. The summed E-state index contributed by atoms with van der Waals surface area (Å²) >= 11 is 1.95. The first kappa shape index (κ1) is 18.6. The first-order chi connectivity index (χ1) is 11.4. The number of carbonyl (C=O) groups is 1. The Labute approximate surface area is 151 Å². The highest BCUT2D eigenvalue weighted by Gasteiger charge is 2.17. The fourth-order valence-electron chi connectivity index (χ4n) is 1.81. The van der Waals surface area contributed by atoms with E-state index in [0.29, 0.717) is 3.57 Å². The second-order valence-electron chi connectivity index (χ2n) is 4.95. The summed E-state index contributed by atoms with van der Waals surface area (Å²) in [7, 11) is 0. The highest BCUT2D eigenvalue weighted by atomic mass is 127. The Morgan fingerprint density at radius 2 is 2.04 bits per heavy atom. The Hall–Kier alpha value is -1.78. The summed E-state index contributed by atoms with van der Waals surface area (Å²) in [6, 6.07) is 8.28. The smallest absolute Gasteiger partial charge is 0.277 e. The van der Waals surface area contributed by atoms with Crippen molar-refractivity contribution >= 4 is 39.9 Å². The zero-order valence-electron chi connectivity index (χ0n) is 12.6. The van der Waals surface area contributed by atoms with Crippen molar-refractivity contribution < 1.29 is 23.5 Å². The highest BCUT2D eigenvalue weighted by molar-refractivity contribution is 14.1.